The van der Waals surface area contributed by atoms with E-state index in [9.17, 15) is 13.2 Å². The summed E-state index contributed by atoms with van der Waals surface area (Å²) in [5.74, 6) is -0.141. The summed E-state index contributed by atoms with van der Waals surface area (Å²) in [5, 5.41) is 0.0757. The van der Waals surface area contributed by atoms with Crippen molar-refractivity contribution < 1.29 is 17.9 Å². The van der Waals surface area contributed by atoms with Gasteiger partial charge in [-0.25, -0.2) is 13.2 Å². The highest BCUT2D eigenvalue weighted by molar-refractivity contribution is 7.90. The molecule has 0 spiro atoms. The average molecular weight is 353 g/mol. The van der Waals surface area contributed by atoms with Gasteiger partial charge in [-0.2, -0.15) is 0 Å². The molecule has 0 aliphatic carbocycles. The Balaban J connectivity index is 2.40. The van der Waals surface area contributed by atoms with E-state index in [4.69, 9.17) is 16.3 Å². The van der Waals surface area contributed by atoms with Crippen molar-refractivity contribution in [3.63, 3.8) is 0 Å². The van der Waals surface area contributed by atoms with Crippen LogP contribution in [0.1, 0.15) is 27.0 Å². The lowest BCUT2D eigenvalue weighted by Gasteiger charge is -2.12. The van der Waals surface area contributed by atoms with Gasteiger partial charge in [-0.1, -0.05) is 29.3 Å². The van der Waals surface area contributed by atoms with E-state index in [2.05, 4.69) is 0 Å². The summed E-state index contributed by atoms with van der Waals surface area (Å²) in [7, 11) is -3.52. The third kappa shape index (κ3) is 3.92. The number of hydrogen-bond acceptors (Lipinski definition) is 4. The number of ether oxygens (including phenoxy) is 1. The Morgan fingerprint density at radius 3 is 2.13 bits per heavy atom. The Morgan fingerprint density at radius 2 is 1.61 bits per heavy atom. The molecule has 2 aromatic rings. The Labute approximate surface area is 141 Å². The lowest BCUT2D eigenvalue weighted by atomic mass is 10.1. The molecule has 0 amide bonds. The third-order valence-electron chi connectivity index (χ3n) is 3.37. The first-order valence-corrected chi connectivity index (χ1v) is 9.16. The fraction of sp³-hybridized carbons (Fsp3) is 0.235. The summed E-state index contributed by atoms with van der Waals surface area (Å²) in [6, 6.07) is 7.89. The number of esters is 1. The molecule has 0 unspecified atom stereocenters. The Hall–Kier alpha value is -1.85. The van der Waals surface area contributed by atoms with E-state index in [0.717, 1.165) is 22.9 Å². The number of carbonyl (C=O) groups excluding carboxylic acids is 1. The minimum atomic E-state index is -3.52. The highest BCUT2D eigenvalue weighted by atomic mass is 35.5. The summed E-state index contributed by atoms with van der Waals surface area (Å²) in [6.07, 6.45) is 1.04. The lowest BCUT2D eigenvalue weighted by molar-refractivity contribution is 0.0732. The van der Waals surface area contributed by atoms with Crippen LogP contribution in [0.4, 0.5) is 0 Å². The highest BCUT2D eigenvalue weighted by Crippen LogP contribution is 2.27. The zero-order valence-electron chi connectivity index (χ0n) is 13.3. The zero-order valence-corrected chi connectivity index (χ0v) is 14.9. The molecule has 6 heteroatoms. The molecule has 0 atom stereocenters. The van der Waals surface area contributed by atoms with Gasteiger partial charge in [-0.05, 0) is 50.1 Å². The third-order valence-corrected chi connectivity index (χ3v) is 4.94. The maximum absolute atomic E-state index is 12.3. The first kappa shape index (κ1) is 17.5. The Morgan fingerprint density at radius 1 is 1.04 bits per heavy atom. The fourth-order valence-corrected chi connectivity index (χ4v) is 3.70. The van der Waals surface area contributed by atoms with E-state index < -0.39 is 15.8 Å². The number of halogens is 1. The first-order chi connectivity index (χ1) is 10.6. The van der Waals surface area contributed by atoms with Gasteiger partial charge in [0.1, 0.15) is 5.75 Å². The average Bonchev–Trinajstić information content (AvgIpc) is 2.41. The van der Waals surface area contributed by atoms with Crippen LogP contribution in [0.2, 0.25) is 5.02 Å². The van der Waals surface area contributed by atoms with Gasteiger partial charge in [-0.3, -0.25) is 0 Å². The van der Waals surface area contributed by atoms with Crippen LogP contribution >= 0.6 is 11.6 Å². The molecule has 122 valence electrons. The Bertz CT molecular complexity index is 862. The van der Waals surface area contributed by atoms with E-state index in [-0.39, 0.29) is 15.5 Å². The predicted molar refractivity (Wildman–Crippen MR) is 90.2 cm³/mol. The van der Waals surface area contributed by atoms with Gasteiger partial charge in [-0.15, -0.1) is 0 Å². The summed E-state index contributed by atoms with van der Waals surface area (Å²) < 4.78 is 28.8. The van der Waals surface area contributed by atoms with Gasteiger partial charge in [0, 0.05) is 6.26 Å². The van der Waals surface area contributed by atoms with Crippen molar-refractivity contribution >= 4 is 27.4 Å². The lowest BCUT2D eigenvalue weighted by Crippen LogP contribution is -2.11. The molecule has 0 heterocycles. The highest BCUT2D eigenvalue weighted by Gasteiger charge is 2.18. The van der Waals surface area contributed by atoms with E-state index in [1.807, 2.05) is 32.9 Å². The van der Waals surface area contributed by atoms with E-state index in [1.165, 1.54) is 18.2 Å². The monoisotopic (exact) mass is 352 g/mol. The van der Waals surface area contributed by atoms with Crippen molar-refractivity contribution in [2.45, 2.75) is 25.7 Å². The van der Waals surface area contributed by atoms with Crippen molar-refractivity contribution in [2.75, 3.05) is 6.26 Å². The molecule has 0 aliphatic rings. The number of sulfone groups is 1. The van der Waals surface area contributed by atoms with Crippen LogP contribution in [-0.2, 0) is 9.84 Å². The van der Waals surface area contributed by atoms with Crippen molar-refractivity contribution in [2.24, 2.45) is 0 Å². The van der Waals surface area contributed by atoms with Gasteiger partial charge in [0.15, 0.2) is 9.84 Å². The molecule has 4 nitrogen and oxygen atoms in total. The predicted octanol–water partition coefficient (Wildman–Crippen LogP) is 3.89. The van der Waals surface area contributed by atoms with Crippen LogP contribution in [0.5, 0.6) is 5.75 Å². The van der Waals surface area contributed by atoms with Gasteiger partial charge in [0.05, 0.1) is 15.5 Å². The normalized spacial score (nSPS) is 11.3. The van der Waals surface area contributed by atoms with Gasteiger partial charge in [0.25, 0.3) is 0 Å². The molecular formula is C17H17ClO4S. The fourth-order valence-electron chi connectivity index (χ4n) is 2.39. The molecular weight excluding hydrogens is 336 g/mol. The molecule has 0 aliphatic heterocycles. The van der Waals surface area contributed by atoms with Crippen LogP contribution in [0.3, 0.4) is 0 Å². The SMILES string of the molecule is Cc1cc(C)c(OC(=O)c2ccc(Cl)c(S(C)(=O)=O)c2)c(C)c1. The number of aryl methyl sites for hydroxylation is 3. The van der Waals surface area contributed by atoms with Gasteiger partial charge in [0.2, 0.25) is 0 Å². The number of carbonyl (C=O) groups is 1. The number of benzene rings is 2. The van der Waals surface area contributed by atoms with Crippen molar-refractivity contribution in [1.29, 1.82) is 0 Å². The quantitative estimate of drug-likeness (QED) is 0.621. The molecule has 0 bridgehead atoms. The largest absolute Gasteiger partial charge is 0.422 e. The standard InChI is InChI=1S/C17H17ClO4S/c1-10-7-11(2)16(12(3)8-10)22-17(19)13-5-6-14(18)15(9-13)23(4,20)21/h5-9H,1-4H3. The van der Waals surface area contributed by atoms with Gasteiger partial charge < -0.3 is 4.74 Å². The van der Waals surface area contributed by atoms with Crippen LogP contribution < -0.4 is 4.74 Å². The topological polar surface area (TPSA) is 60.4 Å². The van der Waals surface area contributed by atoms with E-state index >= 15 is 0 Å². The molecule has 0 aromatic heterocycles. The summed E-state index contributed by atoms with van der Waals surface area (Å²) >= 11 is 5.88. The zero-order chi connectivity index (χ0) is 17.4. The maximum atomic E-state index is 12.3. The second-order valence-corrected chi connectivity index (χ2v) is 7.93. The second kappa shape index (κ2) is 6.34. The first-order valence-electron chi connectivity index (χ1n) is 6.89. The van der Waals surface area contributed by atoms with Crippen molar-refractivity contribution in [3.05, 3.63) is 57.6 Å². The molecule has 2 aromatic carbocycles. The second-order valence-electron chi connectivity index (χ2n) is 5.53. The summed E-state index contributed by atoms with van der Waals surface area (Å²) in [4.78, 5) is 12.2. The van der Waals surface area contributed by atoms with Crippen molar-refractivity contribution in [3.8, 4) is 5.75 Å². The van der Waals surface area contributed by atoms with Crippen LogP contribution in [0, 0.1) is 20.8 Å². The molecule has 23 heavy (non-hydrogen) atoms. The molecule has 0 fully saturated rings. The van der Waals surface area contributed by atoms with Gasteiger partial charge >= 0.3 is 5.97 Å². The summed E-state index contributed by atoms with van der Waals surface area (Å²) in [5.41, 5.74) is 2.89. The molecule has 0 saturated carbocycles. The van der Waals surface area contributed by atoms with E-state index in [0.29, 0.717) is 5.75 Å². The van der Waals surface area contributed by atoms with Crippen LogP contribution in [0.15, 0.2) is 35.2 Å². The van der Waals surface area contributed by atoms with Crippen LogP contribution in [-0.4, -0.2) is 20.6 Å². The molecule has 2 rings (SSSR count). The number of rotatable bonds is 3. The minimum Gasteiger partial charge on any atom is -0.422 e. The smallest absolute Gasteiger partial charge is 0.343 e. The molecule has 0 radical (unpaired) electrons. The summed E-state index contributed by atoms with van der Waals surface area (Å²) in [6.45, 7) is 5.67. The van der Waals surface area contributed by atoms with Crippen LogP contribution in [0.25, 0.3) is 0 Å². The van der Waals surface area contributed by atoms with Crippen molar-refractivity contribution in [1.82, 2.24) is 0 Å². The molecule has 0 saturated heterocycles. The minimum absolute atomic E-state index is 0.0757. The maximum Gasteiger partial charge on any atom is 0.343 e. The molecule has 0 N–H and O–H groups in total. The number of hydrogen-bond donors (Lipinski definition) is 0. The Kier molecular flexibility index (Phi) is 4.82. The van der Waals surface area contributed by atoms with E-state index in [1.54, 1.807) is 0 Å².